The minimum Gasteiger partial charge on any atom is -0.494 e. The molecule has 1 aromatic carbocycles. The van der Waals surface area contributed by atoms with Crippen molar-refractivity contribution >= 4 is 5.95 Å². The van der Waals surface area contributed by atoms with Gasteiger partial charge in [-0.25, -0.2) is 14.4 Å². The first-order chi connectivity index (χ1) is 13.0. The second kappa shape index (κ2) is 7.08. The lowest BCUT2D eigenvalue weighted by molar-refractivity contribution is 0.136. The van der Waals surface area contributed by atoms with E-state index in [4.69, 9.17) is 9.72 Å². The highest BCUT2D eigenvalue weighted by molar-refractivity contribution is 5.39. The number of benzene rings is 1. The molecule has 27 heavy (non-hydrogen) atoms. The molecule has 0 amide bonds. The molecule has 0 bridgehead atoms. The molecule has 0 N–H and O–H groups in total. The molecule has 0 saturated carbocycles. The molecule has 1 aliphatic heterocycles. The van der Waals surface area contributed by atoms with Gasteiger partial charge in [0.15, 0.2) is 11.6 Å². The summed E-state index contributed by atoms with van der Waals surface area (Å²) in [5.41, 5.74) is 3.61. The molecule has 144 valence electrons. The van der Waals surface area contributed by atoms with Gasteiger partial charge < -0.3 is 9.64 Å². The van der Waals surface area contributed by atoms with E-state index in [0.29, 0.717) is 5.75 Å². The summed E-state index contributed by atoms with van der Waals surface area (Å²) in [6.07, 6.45) is 6.48. The zero-order valence-electron chi connectivity index (χ0n) is 16.3. The Morgan fingerprint density at radius 2 is 2.15 bits per heavy atom. The zero-order chi connectivity index (χ0) is 19.0. The van der Waals surface area contributed by atoms with Gasteiger partial charge in [0.25, 0.3) is 0 Å². The van der Waals surface area contributed by atoms with Crippen molar-refractivity contribution in [2.75, 3.05) is 39.2 Å². The molecule has 1 saturated heterocycles. The first kappa shape index (κ1) is 18.2. The van der Waals surface area contributed by atoms with Gasteiger partial charge in [0.2, 0.25) is 5.95 Å². The third-order valence-electron chi connectivity index (χ3n) is 5.91. The fourth-order valence-electron chi connectivity index (χ4n) is 4.57. The Labute approximate surface area is 160 Å². The van der Waals surface area contributed by atoms with Crippen LogP contribution in [0, 0.1) is 5.82 Å². The van der Waals surface area contributed by atoms with E-state index in [1.54, 1.807) is 12.1 Å². The van der Waals surface area contributed by atoms with Crippen LogP contribution in [0.4, 0.5) is 10.3 Å². The number of ether oxygens (including phenoxy) is 1. The smallest absolute Gasteiger partial charge is 0.225 e. The van der Waals surface area contributed by atoms with Crippen molar-refractivity contribution in [3.05, 3.63) is 47.0 Å². The maximum absolute atomic E-state index is 14.1. The predicted octanol–water partition coefficient (Wildman–Crippen LogP) is 3.17. The summed E-state index contributed by atoms with van der Waals surface area (Å²) in [6.45, 7) is 2.76. The number of likely N-dealkylation sites (tertiary alicyclic amines) is 1. The van der Waals surface area contributed by atoms with E-state index >= 15 is 0 Å². The summed E-state index contributed by atoms with van der Waals surface area (Å²) in [5.74, 6) is 0.784. The number of anilines is 1. The largest absolute Gasteiger partial charge is 0.494 e. The highest BCUT2D eigenvalue weighted by atomic mass is 19.1. The normalized spacial score (nSPS) is 22.1. The fourth-order valence-corrected chi connectivity index (χ4v) is 4.57. The second-order valence-corrected chi connectivity index (χ2v) is 8.00. The van der Waals surface area contributed by atoms with Crippen molar-refractivity contribution in [1.29, 1.82) is 0 Å². The number of aromatic nitrogens is 2. The van der Waals surface area contributed by atoms with Crippen molar-refractivity contribution in [3.8, 4) is 5.75 Å². The number of hydrogen-bond donors (Lipinski definition) is 0. The monoisotopic (exact) mass is 370 g/mol. The highest BCUT2D eigenvalue weighted by Gasteiger charge is 2.43. The molecule has 6 heteroatoms. The van der Waals surface area contributed by atoms with Crippen molar-refractivity contribution < 1.29 is 9.13 Å². The van der Waals surface area contributed by atoms with E-state index in [1.807, 2.05) is 31.3 Å². The molecular weight excluding hydrogens is 343 g/mol. The first-order valence-electron chi connectivity index (χ1n) is 9.59. The van der Waals surface area contributed by atoms with Crippen LogP contribution in [0.2, 0.25) is 0 Å². The van der Waals surface area contributed by atoms with Crippen molar-refractivity contribution in [2.24, 2.45) is 0 Å². The number of halogens is 1. The molecule has 1 spiro atoms. The Balaban J connectivity index is 1.56. The molecule has 0 radical (unpaired) electrons. The van der Waals surface area contributed by atoms with E-state index in [2.05, 4.69) is 9.88 Å². The average Bonchev–Trinajstić information content (AvgIpc) is 2.99. The number of aryl methyl sites for hydroxylation is 1. The molecule has 1 unspecified atom stereocenters. The van der Waals surface area contributed by atoms with Crippen LogP contribution in [0.3, 0.4) is 0 Å². The lowest BCUT2D eigenvalue weighted by Crippen LogP contribution is -2.45. The van der Waals surface area contributed by atoms with Crippen LogP contribution in [0.25, 0.3) is 0 Å². The minimum absolute atomic E-state index is 0.103. The SMILES string of the molecule is COc1ccc(CN2CCCC3(CCc4cnc(N(C)C)nc43)C2)cc1F. The summed E-state index contributed by atoms with van der Waals surface area (Å²) in [5, 5.41) is 0. The van der Waals surface area contributed by atoms with Crippen LogP contribution in [-0.4, -0.2) is 49.2 Å². The third kappa shape index (κ3) is 3.38. The number of methoxy groups -OCH3 is 1. The average molecular weight is 370 g/mol. The van der Waals surface area contributed by atoms with E-state index in [1.165, 1.54) is 18.4 Å². The van der Waals surface area contributed by atoms with Gasteiger partial charge >= 0.3 is 0 Å². The van der Waals surface area contributed by atoms with Crippen LogP contribution in [-0.2, 0) is 18.4 Å². The van der Waals surface area contributed by atoms with Gasteiger partial charge in [0.1, 0.15) is 0 Å². The summed E-state index contributed by atoms with van der Waals surface area (Å²) in [4.78, 5) is 13.8. The second-order valence-electron chi connectivity index (χ2n) is 8.00. The maximum Gasteiger partial charge on any atom is 0.225 e. The molecular formula is C21H27FN4O. The predicted molar refractivity (Wildman–Crippen MR) is 104 cm³/mol. The molecule has 1 atom stereocenters. The summed E-state index contributed by atoms with van der Waals surface area (Å²) in [6, 6.07) is 5.26. The van der Waals surface area contributed by atoms with E-state index in [-0.39, 0.29) is 11.2 Å². The topological polar surface area (TPSA) is 41.5 Å². The van der Waals surface area contributed by atoms with Crippen LogP contribution >= 0.6 is 0 Å². The quantitative estimate of drug-likeness (QED) is 0.827. The van der Waals surface area contributed by atoms with Crippen LogP contribution in [0.5, 0.6) is 5.75 Å². The van der Waals surface area contributed by atoms with E-state index in [9.17, 15) is 4.39 Å². The Hall–Kier alpha value is -2.21. The molecule has 1 fully saturated rings. The molecule has 2 aromatic rings. The van der Waals surface area contributed by atoms with Gasteiger partial charge in [0, 0.05) is 38.8 Å². The fraction of sp³-hybridized carbons (Fsp3) is 0.524. The number of hydrogen-bond acceptors (Lipinski definition) is 5. The number of nitrogens with zero attached hydrogens (tertiary/aromatic N) is 4. The molecule has 2 heterocycles. The molecule has 1 aromatic heterocycles. The molecule has 1 aliphatic carbocycles. The van der Waals surface area contributed by atoms with Crippen molar-refractivity contribution in [1.82, 2.24) is 14.9 Å². The van der Waals surface area contributed by atoms with Gasteiger partial charge in [-0.3, -0.25) is 4.90 Å². The van der Waals surface area contributed by atoms with E-state index < -0.39 is 0 Å². The lowest BCUT2D eigenvalue weighted by Gasteiger charge is -2.40. The maximum atomic E-state index is 14.1. The summed E-state index contributed by atoms with van der Waals surface area (Å²) < 4.78 is 19.1. The van der Waals surface area contributed by atoms with E-state index in [0.717, 1.165) is 56.8 Å². The molecule has 2 aliphatic rings. The molecule has 4 rings (SSSR count). The van der Waals surface area contributed by atoms with Gasteiger partial charge in [-0.15, -0.1) is 0 Å². The van der Waals surface area contributed by atoms with Crippen molar-refractivity contribution in [2.45, 2.75) is 37.6 Å². The van der Waals surface area contributed by atoms with Crippen LogP contribution < -0.4 is 9.64 Å². The first-order valence-corrected chi connectivity index (χ1v) is 9.59. The Morgan fingerprint density at radius 1 is 1.30 bits per heavy atom. The summed E-state index contributed by atoms with van der Waals surface area (Å²) in [7, 11) is 5.46. The third-order valence-corrected chi connectivity index (χ3v) is 5.91. The minimum atomic E-state index is -0.295. The Kier molecular flexibility index (Phi) is 4.76. The zero-order valence-corrected chi connectivity index (χ0v) is 16.3. The van der Waals surface area contributed by atoms with Crippen molar-refractivity contribution in [3.63, 3.8) is 0 Å². The summed E-state index contributed by atoms with van der Waals surface area (Å²) >= 11 is 0. The van der Waals surface area contributed by atoms with Gasteiger partial charge in [-0.05, 0) is 55.5 Å². The van der Waals surface area contributed by atoms with Crippen LogP contribution in [0.15, 0.2) is 24.4 Å². The van der Waals surface area contributed by atoms with Crippen LogP contribution in [0.1, 0.15) is 36.1 Å². The Morgan fingerprint density at radius 3 is 2.89 bits per heavy atom. The van der Waals surface area contributed by atoms with Gasteiger partial charge in [-0.1, -0.05) is 6.07 Å². The van der Waals surface area contributed by atoms with Gasteiger partial charge in [0.05, 0.1) is 12.8 Å². The number of piperidine rings is 1. The lowest BCUT2D eigenvalue weighted by atomic mass is 9.77. The Bertz CT molecular complexity index is 837. The van der Waals surface area contributed by atoms with Gasteiger partial charge in [-0.2, -0.15) is 0 Å². The number of fused-ring (bicyclic) bond motifs is 2. The highest BCUT2D eigenvalue weighted by Crippen LogP contribution is 2.44. The standard InChI is InChI=1S/C21H27FN4O/c1-25(2)20-23-12-16-7-9-21(19(16)24-20)8-4-10-26(14-21)13-15-5-6-18(27-3)17(22)11-15/h5-6,11-12H,4,7-10,13-14H2,1-3H3. The molecule has 5 nitrogen and oxygen atoms in total. The number of rotatable bonds is 4.